The summed E-state index contributed by atoms with van der Waals surface area (Å²) < 4.78 is 0. The molecule has 1 heterocycles. The van der Waals surface area contributed by atoms with Gasteiger partial charge >= 0.3 is 0 Å². The van der Waals surface area contributed by atoms with E-state index >= 15 is 0 Å². The lowest BCUT2D eigenvalue weighted by molar-refractivity contribution is 1.17. The van der Waals surface area contributed by atoms with Crippen molar-refractivity contribution in [1.82, 2.24) is 9.97 Å². The van der Waals surface area contributed by atoms with Gasteiger partial charge in [0.05, 0.1) is 0 Å². The third kappa shape index (κ3) is 1.87. The van der Waals surface area contributed by atoms with Crippen LogP contribution >= 0.6 is 12.6 Å². The molecule has 0 aliphatic carbocycles. The van der Waals surface area contributed by atoms with Crippen molar-refractivity contribution in [3.8, 4) is 11.4 Å². The van der Waals surface area contributed by atoms with Gasteiger partial charge in [0.1, 0.15) is 0 Å². The topological polar surface area (TPSA) is 25.8 Å². The van der Waals surface area contributed by atoms with Crippen LogP contribution in [0.1, 0.15) is 0 Å². The van der Waals surface area contributed by atoms with E-state index in [4.69, 9.17) is 0 Å². The van der Waals surface area contributed by atoms with Crippen molar-refractivity contribution < 1.29 is 0 Å². The van der Waals surface area contributed by atoms with Crippen LogP contribution < -0.4 is 0 Å². The highest BCUT2D eigenvalue weighted by Crippen LogP contribution is 2.15. The average Bonchev–Trinajstić information content (AvgIpc) is 2.20. The highest BCUT2D eigenvalue weighted by Gasteiger charge is 1.97. The van der Waals surface area contributed by atoms with Gasteiger partial charge in [-0.3, -0.25) is 0 Å². The van der Waals surface area contributed by atoms with Crippen LogP contribution in [0.4, 0.5) is 0 Å². The van der Waals surface area contributed by atoms with Crippen LogP contribution in [0.2, 0.25) is 0 Å². The SMILES string of the molecule is Sc1ccc(-c2ncccn2)cc1. The Labute approximate surface area is 82.1 Å². The third-order valence-corrected chi connectivity index (χ3v) is 1.99. The largest absolute Gasteiger partial charge is 0.237 e. The van der Waals surface area contributed by atoms with Crippen molar-refractivity contribution in [3.63, 3.8) is 0 Å². The molecule has 2 aromatic rings. The van der Waals surface area contributed by atoms with Crippen LogP contribution in [0.25, 0.3) is 11.4 Å². The molecule has 0 atom stereocenters. The fraction of sp³-hybridized carbons (Fsp3) is 0. The van der Waals surface area contributed by atoms with Crippen LogP contribution in [0, 0.1) is 0 Å². The molecule has 0 aliphatic heterocycles. The number of rotatable bonds is 1. The van der Waals surface area contributed by atoms with Gasteiger partial charge in [0, 0.05) is 22.9 Å². The molecule has 0 N–H and O–H groups in total. The predicted octanol–water partition coefficient (Wildman–Crippen LogP) is 2.43. The molecule has 1 aromatic heterocycles. The Hall–Kier alpha value is -1.35. The Morgan fingerprint density at radius 1 is 0.923 bits per heavy atom. The molecule has 2 nitrogen and oxygen atoms in total. The summed E-state index contributed by atoms with van der Waals surface area (Å²) >= 11 is 4.20. The predicted molar refractivity (Wildman–Crippen MR) is 54.7 cm³/mol. The van der Waals surface area contributed by atoms with Gasteiger partial charge in [-0.2, -0.15) is 0 Å². The van der Waals surface area contributed by atoms with Crippen LogP contribution in [0.3, 0.4) is 0 Å². The summed E-state index contributed by atoms with van der Waals surface area (Å²) in [6.07, 6.45) is 3.47. The van der Waals surface area contributed by atoms with Crippen molar-refractivity contribution in [2.75, 3.05) is 0 Å². The van der Waals surface area contributed by atoms with Gasteiger partial charge in [-0.1, -0.05) is 12.1 Å². The van der Waals surface area contributed by atoms with E-state index in [0.29, 0.717) is 0 Å². The maximum Gasteiger partial charge on any atom is 0.159 e. The zero-order valence-electron chi connectivity index (χ0n) is 6.88. The Bertz CT molecular complexity index is 383. The minimum atomic E-state index is 0.746. The monoisotopic (exact) mass is 188 g/mol. The number of nitrogens with zero attached hydrogens (tertiary/aromatic N) is 2. The van der Waals surface area contributed by atoms with E-state index in [-0.39, 0.29) is 0 Å². The molecule has 0 saturated heterocycles. The Morgan fingerprint density at radius 3 is 2.15 bits per heavy atom. The van der Waals surface area contributed by atoms with E-state index in [1.165, 1.54) is 0 Å². The zero-order chi connectivity index (χ0) is 9.10. The van der Waals surface area contributed by atoms with Crippen molar-refractivity contribution in [1.29, 1.82) is 0 Å². The van der Waals surface area contributed by atoms with Gasteiger partial charge in [-0.05, 0) is 18.2 Å². The highest BCUT2D eigenvalue weighted by molar-refractivity contribution is 7.80. The summed E-state index contributed by atoms with van der Waals surface area (Å²) in [7, 11) is 0. The number of benzene rings is 1. The molecule has 0 radical (unpaired) electrons. The van der Waals surface area contributed by atoms with E-state index in [1.807, 2.05) is 24.3 Å². The van der Waals surface area contributed by atoms with Crippen LogP contribution in [0.5, 0.6) is 0 Å². The van der Waals surface area contributed by atoms with Gasteiger partial charge in [0.2, 0.25) is 0 Å². The summed E-state index contributed by atoms with van der Waals surface area (Å²) in [5, 5.41) is 0. The lowest BCUT2D eigenvalue weighted by Crippen LogP contribution is -1.85. The lowest BCUT2D eigenvalue weighted by atomic mass is 10.2. The zero-order valence-corrected chi connectivity index (χ0v) is 7.78. The fourth-order valence-electron chi connectivity index (χ4n) is 1.06. The maximum absolute atomic E-state index is 4.20. The van der Waals surface area contributed by atoms with Crippen LogP contribution in [-0.2, 0) is 0 Å². The normalized spacial score (nSPS) is 9.92. The Morgan fingerprint density at radius 2 is 1.54 bits per heavy atom. The first-order valence-corrected chi connectivity index (χ1v) is 4.37. The Balaban J connectivity index is 2.42. The molecule has 0 unspecified atom stereocenters. The summed E-state index contributed by atoms with van der Waals surface area (Å²) in [5.41, 5.74) is 1.01. The summed E-state index contributed by atoms with van der Waals surface area (Å²) in [6, 6.07) is 9.56. The fourth-order valence-corrected chi connectivity index (χ4v) is 1.21. The third-order valence-electron chi connectivity index (χ3n) is 1.69. The smallest absolute Gasteiger partial charge is 0.159 e. The maximum atomic E-state index is 4.20. The first-order valence-electron chi connectivity index (χ1n) is 3.93. The molecular weight excluding hydrogens is 180 g/mol. The number of hydrogen-bond acceptors (Lipinski definition) is 3. The molecule has 0 aliphatic rings. The minimum Gasteiger partial charge on any atom is -0.237 e. The van der Waals surface area contributed by atoms with E-state index < -0.39 is 0 Å². The molecule has 0 saturated carbocycles. The van der Waals surface area contributed by atoms with Crippen LogP contribution in [0.15, 0.2) is 47.6 Å². The first kappa shape index (κ1) is 8.26. The van der Waals surface area contributed by atoms with E-state index in [9.17, 15) is 0 Å². The van der Waals surface area contributed by atoms with Crippen molar-refractivity contribution in [2.24, 2.45) is 0 Å². The van der Waals surface area contributed by atoms with Crippen molar-refractivity contribution in [2.45, 2.75) is 4.90 Å². The highest BCUT2D eigenvalue weighted by atomic mass is 32.1. The average molecular weight is 188 g/mol. The van der Waals surface area contributed by atoms with Gasteiger partial charge in [-0.15, -0.1) is 12.6 Å². The van der Waals surface area contributed by atoms with Gasteiger partial charge in [-0.25, -0.2) is 9.97 Å². The van der Waals surface area contributed by atoms with Gasteiger partial charge in [0.25, 0.3) is 0 Å². The van der Waals surface area contributed by atoms with Crippen LogP contribution in [-0.4, -0.2) is 9.97 Å². The molecule has 3 heteroatoms. The second kappa shape index (κ2) is 3.58. The molecule has 13 heavy (non-hydrogen) atoms. The second-order valence-corrected chi connectivity index (χ2v) is 3.14. The minimum absolute atomic E-state index is 0.746. The molecule has 0 amide bonds. The molecule has 0 bridgehead atoms. The van der Waals surface area contributed by atoms with Crippen molar-refractivity contribution >= 4 is 12.6 Å². The van der Waals surface area contributed by atoms with Gasteiger partial charge in [0.15, 0.2) is 5.82 Å². The molecule has 64 valence electrons. The Kier molecular flexibility index (Phi) is 2.27. The summed E-state index contributed by atoms with van der Waals surface area (Å²) in [4.78, 5) is 9.23. The molecule has 0 fully saturated rings. The summed E-state index contributed by atoms with van der Waals surface area (Å²) in [5.74, 6) is 0.746. The number of thiol groups is 1. The number of hydrogen-bond donors (Lipinski definition) is 1. The second-order valence-electron chi connectivity index (χ2n) is 2.62. The van der Waals surface area contributed by atoms with E-state index in [1.54, 1.807) is 18.5 Å². The number of aromatic nitrogens is 2. The lowest BCUT2D eigenvalue weighted by Gasteiger charge is -1.98. The molecular formula is C10H8N2S. The molecule has 2 rings (SSSR count). The summed E-state index contributed by atoms with van der Waals surface area (Å²) in [6.45, 7) is 0. The van der Waals surface area contributed by atoms with Gasteiger partial charge < -0.3 is 0 Å². The first-order chi connectivity index (χ1) is 6.36. The van der Waals surface area contributed by atoms with E-state index in [0.717, 1.165) is 16.3 Å². The molecule has 1 aromatic carbocycles. The molecule has 0 spiro atoms. The van der Waals surface area contributed by atoms with Crippen molar-refractivity contribution in [3.05, 3.63) is 42.7 Å². The van der Waals surface area contributed by atoms with E-state index in [2.05, 4.69) is 22.6 Å². The standard InChI is InChI=1S/C10H8N2S/c13-9-4-2-8(3-5-9)10-11-6-1-7-12-10/h1-7,13H. The quantitative estimate of drug-likeness (QED) is 0.695.